The van der Waals surface area contributed by atoms with Gasteiger partial charge in [0.1, 0.15) is 12.1 Å². The SMILES string of the molecule is O=C(NC1(C(=O)NCCC(O)C(=O)O)CCN(Cc2ccccc2)C1)OCC1c2ccccc2-c2ccccc21. The molecule has 1 fully saturated rings. The number of ether oxygens (including phenoxy) is 1. The van der Waals surface area contributed by atoms with Crippen LogP contribution in [-0.4, -0.2) is 71.0 Å². The Kier molecular flexibility index (Phi) is 8.14. The Morgan fingerprint density at radius 3 is 2.23 bits per heavy atom. The summed E-state index contributed by atoms with van der Waals surface area (Å²) in [4.78, 5) is 39.6. The maximum Gasteiger partial charge on any atom is 0.408 e. The molecule has 0 saturated carbocycles. The summed E-state index contributed by atoms with van der Waals surface area (Å²) >= 11 is 0. The minimum atomic E-state index is -1.58. The number of aliphatic carboxylic acids is 1. The summed E-state index contributed by atoms with van der Waals surface area (Å²) < 4.78 is 5.74. The van der Waals surface area contributed by atoms with E-state index in [0.29, 0.717) is 19.5 Å². The molecule has 3 aromatic rings. The van der Waals surface area contributed by atoms with Crippen molar-refractivity contribution in [1.82, 2.24) is 15.5 Å². The van der Waals surface area contributed by atoms with Crippen molar-refractivity contribution in [3.63, 3.8) is 0 Å². The van der Waals surface area contributed by atoms with Crippen LogP contribution in [0.3, 0.4) is 0 Å². The number of likely N-dealkylation sites (tertiary alicyclic amines) is 1. The highest BCUT2D eigenvalue weighted by molar-refractivity contribution is 5.91. The lowest BCUT2D eigenvalue weighted by molar-refractivity contribution is -0.147. The molecule has 9 heteroatoms. The van der Waals surface area contributed by atoms with Gasteiger partial charge in [-0.2, -0.15) is 0 Å². The van der Waals surface area contributed by atoms with Gasteiger partial charge in [0, 0.05) is 38.5 Å². The third-order valence-electron chi connectivity index (χ3n) is 7.71. The first-order chi connectivity index (χ1) is 19.4. The number of aliphatic hydroxyl groups is 1. The van der Waals surface area contributed by atoms with Crippen LogP contribution >= 0.6 is 0 Å². The number of carbonyl (C=O) groups excluding carboxylic acids is 2. The zero-order valence-corrected chi connectivity index (χ0v) is 22.1. The van der Waals surface area contributed by atoms with E-state index in [4.69, 9.17) is 9.84 Å². The van der Waals surface area contributed by atoms with Crippen molar-refractivity contribution in [3.05, 3.63) is 95.6 Å². The molecule has 0 spiro atoms. The van der Waals surface area contributed by atoms with Gasteiger partial charge in [0.15, 0.2) is 6.10 Å². The summed E-state index contributed by atoms with van der Waals surface area (Å²) in [5.74, 6) is -1.90. The van der Waals surface area contributed by atoms with Gasteiger partial charge in [-0.15, -0.1) is 0 Å². The number of amides is 2. The summed E-state index contributed by atoms with van der Waals surface area (Å²) in [6.45, 7) is 1.53. The number of fused-ring (bicyclic) bond motifs is 3. The first-order valence-electron chi connectivity index (χ1n) is 13.4. The van der Waals surface area contributed by atoms with Crippen molar-refractivity contribution >= 4 is 18.0 Å². The number of alkyl carbamates (subject to hydrolysis) is 1. The van der Waals surface area contributed by atoms with E-state index < -0.39 is 29.6 Å². The van der Waals surface area contributed by atoms with E-state index in [0.717, 1.165) is 27.8 Å². The molecule has 2 aliphatic rings. The Hall–Kier alpha value is -4.21. The molecular formula is C31H33N3O6. The second kappa shape index (κ2) is 11.9. The van der Waals surface area contributed by atoms with Gasteiger partial charge < -0.3 is 25.6 Å². The summed E-state index contributed by atoms with van der Waals surface area (Å²) in [6, 6.07) is 26.0. The summed E-state index contributed by atoms with van der Waals surface area (Å²) in [5.41, 5.74) is 4.26. The number of carboxylic acids is 1. The van der Waals surface area contributed by atoms with Gasteiger partial charge in [-0.3, -0.25) is 9.69 Å². The van der Waals surface area contributed by atoms with Crippen LogP contribution in [-0.2, 0) is 20.9 Å². The molecule has 3 aromatic carbocycles. The van der Waals surface area contributed by atoms with Crippen molar-refractivity contribution in [2.24, 2.45) is 0 Å². The quantitative estimate of drug-likeness (QED) is 0.309. The van der Waals surface area contributed by atoms with Crippen molar-refractivity contribution in [2.75, 3.05) is 26.2 Å². The zero-order chi connectivity index (χ0) is 28.1. The van der Waals surface area contributed by atoms with E-state index in [1.165, 1.54) is 0 Å². The Bertz CT molecular complexity index is 1330. The molecule has 1 aliphatic carbocycles. The third-order valence-corrected chi connectivity index (χ3v) is 7.71. The minimum absolute atomic E-state index is 0.0426. The predicted octanol–water partition coefficient (Wildman–Crippen LogP) is 3.12. The number of carbonyl (C=O) groups is 3. The largest absolute Gasteiger partial charge is 0.479 e. The molecule has 4 N–H and O–H groups in total. The van der Waals surface area contributed by atoms with E-state index >= 15 is 0 Å². The summed E-state index contributed by atoms with van der Waals surface area (Å²) in [6.07, 6.45) is -2.05. The van der Waals surface area contributed by atoms with Crippen molar-refractivity contribution in [3.8, 4) is 11.1 Å². The van der Waals surface area contributed by atoms with Crippen LogP contribution in [0.2, 0.25) is 0 Å². The third kappa shape index (κ3) is 5.85. The standard InChI is InChI=1S/C31H33N3O6/c35-27(28(36)37)14-16-32-29(38)31(15-17-34(20-31)18-21-8-2-1-3-9-21)33-30(39)40-19-26-24-12-6-4-10-22(24)23-11-5-7-13-25(23)26/h1-13,26-27,35H,14-20H2,(H,32,38)(H,33,39)(H,36,37). The van der Waals surface area contributed by atoms with Crippen LogP contribution in [0.1, 0.15) is 35.4 Å². The van der Waals surface area contributed by atoms with Crippen LogP contribution < -0.4 is 10.6 Å². The maximum atomic E-state index is 13.4. The average Bonchev–Trinajstić information content (AvgIpc) is 3.51. The van der Waals surface area contributed by atoms with E-state index in [1.807, 2.05) is 66.7 Å². The molecule has 1 saturated heterocycles. The second-order valence-corrected chi connectivity index (χ2v) is 10.4. The van der Waals surface area contributed by atoms with Gasteiger partial charge in [0.2, 0.25) is 5.91 Å². The minimum Gasteiger partial charge on any atom is -0.479 e. The van der Waals surface area contributed by atoms with Crippen LogP contribution in [0, 0.1) is 0 Å². The normalized spacial score (nSPS) is 18.9. The maximum absolute atomic E-state index is 13.4. The molecule has 2 unspecified atom stereocenters. The van der Waals surface area contributed by atoms with Crippen LogP contribution in [0.25, 0.3) is 11.1 Å². The number of benzene rings is 3. The predicted molar refractivity (Wildman–Crippen MR) is 149 cm³/mol. The molecular weight excluding hydrogens is 510 g/mol. The number of aliphatic hydroxyl groups excluding tert-OH is 1. The molecule has 9 nitrogen and oxygen atoms in total. The lowest BCUT2D eigenvalue weighted by atomic mass is 9.97. The van der Waals surface area contributed by atoms with E-state index in [1.54, 1.807) is 0 Å². The van der Waals surface area contributed by atoms with E-state index in [2.05, 4.69) is 27.7 Å². The lowest BCUT2D eigenvalue weighted by Gasteiger charge is -2.29. The van der Waals surface area contributed by atoms with Crippen LogP contribution in [0.4, 0.5) is 4.79 Å². The number of hydrogen-bond acceptors (Lipinski definition) is 6. The highest BCUT2D eigenvalue weighted by Crippen LogP contribution is 2.44. The smallest absolute Gasteiger partial charge is 0.408 e. The fourth-order valence-corrected chi connectivity index (χ4v) is 5.65. The molecule has 5 rings (SSSR count). The summed E-state index contributed by atoms with van der Waals surface area (Å²) in [7, 11) is 0. The highest BCUT2D eigenvalue weighted by Gasteiger charge is 2.46. The van der Waals surface area contributed by atoms with Gasteiger partial charge in [-0.25, -0.2) is 9.59 Å². The number of nitrogens with zero attached hydrogens (tertiary/aromatic N) is 1. The van der Waals surface area contributed by atoms with Gasteiger partial charge >= 0.3 is 12.1 Å². The first kappa shape index (κ1) is 27.4. The first-order valence-corrected chi connectivity index (χ1v) is 13.4. The Morgan fingerprint density at radius 2 is 1.57 bits per heavy atom. The second-order valence-electron chi connectivity index (χ2n) is 10.4. The highest BCUT2D eigenvalue weighted by atomic mass is 16.5. The van der Waals surface area contributed by atoms with Gasteiger partial charge in [0.25, 0.3) is 0 Å². The molecule has 40 heavy (non-hydrogen) atoms. The average molecular weight is 544 g/mol. The Morgan fingerprint density at radius 1 is 0.950 bits per heavy atom. The molecule has 0 bridgehead atoms. The van der Waals surface area contributed by atoms with Crippen LogP contribution in [0.15, 0.2) is 78.9 Å². The molecule has 1 heterocycles. The molecule has 208 valence electrons. The molecule has 2 atom stereocenters. The van der Waals surface area contributed by atoms with Gasteiger partial charge in [-0.05, 0) is 34.2 Å². The Balaban J connectivity index is 1.27. The van der Waals surface area contributed by atoms with Crippen molar-refractivity contribution in [2.45, 2.75) is 36.9 Å². The monoisotopic (exact) mass is 543 g/mol. The summed E-state index contributed by atoms with van der Waals surface area (Å²) in [5, 5.41) is 24.1. The number of nitrogens with one attached hydrogen (secondary N) is 2. The number of carboxylic acid groups (broad SMARTS) is 1. The van der Waals surface area contributed by atoms with Gasteiger partial charge in [0.05, 0.1) is 0 Å². The zero-order valence-electron chi connectivity index (χ0n) is 22.1. The van der Waals surface area contributed by atoms with Crippen LogP contribution in [0.5, 0.6) is 0 Å². The molecule has 1 aliphatic heterocycles. The topological polar surface area (TPSA) is 128 Å². The fraction of sp³-hybridized carbons (Fsp3) is 0.323. The Labute approximate surface area is 232 Å². The molecule has 2 amide bonds. The molecule has 0 aromatic heterocycles. The molecule has 0 radical (unpaired) electrons. The van der Waals surface area contributed by atoms with E-state index in [-0.39, 0.29) is 32.0 Å². The number of rotatable bonds is 10. The van der Waals surface area contributed by atoms with Gasteiger partial charge in [-0.1, -0.05) is 78.9 Å². The van der Waals surface area contributed by atoms with E-state index in [9.17, 15) is 19.5 Å². The lowest BCUT2D eigenvalue weighted by Crippen LogP contribution is -2.60. The number of hydrogen-bond donors (Lipinski definition) is 4. The fourth-order valence-electron chi connectivity index (χ4n) is 5.65. The van der Waals surface area contributed by atoms with Crippen molar-refractivity contribution in [1.29, 1.82) is 0 Å². The van der Waals surface area contributed by atoms with Crippen molar-refractivity contribution < 1.29 is 29.3 Å².